The first-order valence-corrected chi connectivity index (χ1v) is 8.87. The molecule has 3 heterocycles. The molecule has 2 aromatic rings. The van der Waals surface area contributed by atoms with Gasteiger partial charge >= 0.3 is 0 Å². The summed E-state index contributed by atoms with van der Waals surface area (Å²) < 4.78 is 0. The average Bonchev–Trinajstić information content (AvgIpc) is 3.11. The van der Waals surface area contributed by atoms with Crippen molar-refractivity contribution in [3.63, 3.8) is 0 Å². The van der Waals surface area contributed by atoms with Crippen molar-refractivity contribution in [3.8, 4) is 0 Å². The first kappa shape index (κ1) is 16.2. The largest absolute Gasteiger partial charge is 0.369 e. The summed E-state index contributed by atoms with van der Waals surface area (Å²) in [7, 11) is 0. The van der Waals surface area contributed by atoms with Crippen LogP contribution in [0.3, 0.4) is 0 Å². The van der Waals surface area contributed by atoms with E-state index < -0.39 is 0 Å². The van der Waals surface area contributed by atoms with Crippen LogP contribution in [-0.4, -0.2) is 60.1 Å². The van der Waals surface area contributed by atoms with Crippen molar-refractivity contribution >= 4 is 22.3 Å². The molecule has 0 radical (unpaired) electrons. The van der Waals surface area contributed by atoms with Crippen LogP contribution in [0.25, 0.3) is 10.9 Å². The number of nitrogens with one attached hydrogen (secondary N) is 1. The number of non-ortho nitro benzene ring substituents is 1. The second-order valence-electron chi connectivity index (χ2n) is 6.92. The number of hydrogen-bond donors (Lipinski definition) is 1. The number of piperazine rings is 1. The Morgan fingerprint density at radius 2 is 2.04 bits per heavy atom. The molecule has 0 aliphatic carbocycles. The van der Waals surface area contributed by atoms with Crippen molar-refractivity contribution in [2.45, 2.75) is 19.4 Å². The van der Waals surface area contributed by atoms with Gasteiger partial charge in [0, 0.05) is 74.2 Å². The van der Waals surface area contributed by atoms with Crippen molar-refractivity contribution in [1.82, 2.24) is 15.2 Å². The molecule has 7 nitrogen and oxygen atoms in total. The number of rotatable bonds is 3. The Balaban J connectivity index is 1.66. The topological polar surface area (TPSA) is 74.5 Å². The number of fused-ring (bicyclic) bond motifs is 1. The highest BCUT2D eigenvalue weighted by atomic mass is 16.6. The van der Waals surface area contributed by atoms with Crippen LogP contribution in [0.5, 0.6) is 0 Å². The maximum Gasteiger partial charge on any atom is 0.270 e. The third-order valence-electron chi connectivity index (χ3n) is 5.28. The Bertz CT molecular complexity index is 803. The molecule has 132 valence electrons. The zero-order valence-electron chi connectivity index (χ0n) is 14.4. The SMILES string of the molecule is Cc1cc(N2CCC(N3CCNCC3)C2)c2cc([N+](=O)[O-])ccc2n1. The number of nitro benzene ring substituents is 1. The van der Waals surface area contributed by atoms with Gasteiger partial charge in [0.15, 0.2) is 0 Å². The Morgan fingerprint density at radius 1 is 1.24 bits per heavy atom. The van der Waals surface area contributed by atoms with Crippen LogP contribution in [-0.2, 0) is 0 Å². The van der Waals surface area contributed by atoms with Gasteiger partial charge in [-0.25, -0.2) is 0 Å². The maximum absolute atomic E-state index is 11.2. The number of anilines is 1. The van der Waals surface area contributed by atoms with Crippen LogP contribution in [0.2, 0.25) is 0 Å². The molecular weight excluding hydrogens is 318 g/mol. The predicted molar refractivity (Wildman–Crippen MR) is 98.2 cm³/mol. The lowest BCUT2D eigenvalue weighted by Crippen LogP contribution is -2.49. The molecule has 1 aromatic heterocycles. The van der Waals surface area contributed by atoms with Gasteiger partial charge in [0.1, 0.15) is 0 Å². The summed E-state index contributed by atoms with van der Waals surface area (Å²) in [5, 5.41) is 15.4. The van der Waals surface area contributed by atoms with E-state index in [0.717, 1.165) is 68.0 Å². The number of pyridine rings is 1. The fourth-order valence-electron chi connectivity index (χ4n) is 4.01. The van der Waals surface area contributed by atoms with Gasteiger partial charge in [-0.3, -0.25) is 20.0 Å². The molecule has 25 heavy (non-hydrogen) atoms. The van der Waals surface area contributed by atoms with Gasteiger partial charge in [0.05, 0.1) is 10.4 Å². The third kappa shape index (κ3) is 3.17. The average molecular weight is 341 g/mol. The highest BCUT2D eigenvalue weighted by Gasteiger charge is 2.29. The summed E-state index contributed by atoms with van der Waals surface area (Å²) in [6.07, 6.45) is 1.14. The minimum atomic E-state index is -0.337. The Kier molecular flexibility index (Phi) is 4.27. The van der Waals surface area contributed by atoms with E-state index in [1.54, 1.807) is 12.1 Å². The minimum Gasteiger partial charge on any atom is -0.369 e. The molecule has 0 spiro atoms. The number of nitro groups is 1. The van der Waals surface area contributed by atoms with Gasteiger partial charge in [-0.2, -0.15) is 0 Å². The maximum atomic E-state index is 11.2. The van der Waals surface area contributed by atoms with Crippen molar-refractivity contribution in [2.24, 2.45) is 0 Å². The van der Waals surface area contributed by atoms with E-state index in [1.165, 1.54) is 6.07 Å². The normalized spacial score (nSPS) is 21.8. The number of aromatic nitrogens is 1. The van der Waals surface area contributed by atoms with Crippen LogP contribution in [0.4, 0.5) is 11.4 Å². The fraction of sp³-hybridized carbons (Fsp3) is 0.500. The van der Waals surface area contributed by atoms with E-state index in [-0.39, 0.29) is 10.6 Å². The van der Waals surface area contributed by atoms with Crippen LogP contribution in [0.15, 0.2) is 24.3 Å². The Hall–Kier alpha value is -2.25. The molecular formula is C18H23N5O2. The zero-order valence-corrected chi connectivity index (χ0v) is 14.4. The summed E-state index contributed by atoms with van der Waals surface area (Å²) in [5.41, 5.74) is 2.97. The number of aryl methyl sites for hydroxylation is 1. The van der Waals surface area contributed by atoms with Gasteiger partial charge in [-0.1, -0.05) is 0 Å². The van der Waals surface area contributed by atoms with E-state index in [1.807, 2.05) is 6.92 Å². The molecule has 4 rings (SSSR count). The molecule has 2 fully saturated rings. The van der Waals surface area contributed by atoms with Crippen LogP contribution >= 0.6 is 0 Å². The number of nitrogens with zero attached hydrogens (tertiary/aromatic N) is 4. The Labute approximate surface area is 146 Å². The summed E-state index contributed by atoms with van der Waals surface area (Å²) in [6.45, 7) is 8.24. The van der Waals surface area contributed by atoms with Gasteiger partial charge in [-0.05, 0) is 25.5 Å². The molecule has 2 aliphatic rings. The van der Waals surface area contributed by atoms with Crippen molar-refractivity contribution in [1.29, 1.82) is 0 Å². The predicted octanol–water partition coefficient (Wildman–Crippen LogP) is 1.94. The van der Waals surface area contributed by atoms with Crippen molar-refractivity contribution in [3.05, 3.63) is 40.1 Å². The van der Waals surface area contributed by atoms with Crippen LogP contribution in [0.1, 0.15) is 12.1 Å². The molecule has 1 unspecified atom stereocenters. The standard InChI is InChI=1S/C18H23N5O2/c1-13-10-18(16-11-14(23(24)25)2-3-17(16)20-13)22-7-4-15(12-22)21-8-5-19-6-9-21/h2-3,10-11,15,19H,4-9,12H2,1H3. The highest BCUT2D eigenvalue weighted by Crippen LogP contribution is 2.32. The lowest BCUT2D eigenvalue weighted by molar-refractivity contribution is -0.384. The van der Waals surface area contributed by atoms with Gasteiger partial charge in [-0.15, -0.1) is 0 Å². The first-order valence-electron chi connectivity index (χ1n) is 8.87. The van der Waals surface area contributed by atoms with Crippen LogP contribution < -0.4 is 10.2 Å². The molecule has 0 saturated carbocycles. The molecule has 2 saturated heterocycles. The van der Waals surface area contributed by atoms with Gasteiger partial charge < -0.3 is 10.2 Å². The zero-order chi connectivity index (χ0) is 17.4. The quantitative estimate of drug-likeness (QED) is 0.679. The van der Waals surface area contributed by atoms with E-state index >= 15 is 0 Å². The summed E-state index contributed by atoms with van der Waals surface area (Å²) in [6, 6.07) is 7.57. The molecule has 7 heteroatoms. The fourth-order valence-corrected chi connectivity index (χ4v) is 4.01. The molecule has 0 bridgehead atoms. The van der Waals surface area contributed by atoms with Crippen molar-refractivity contribution in [2.75, 3.05) is 44.2 Å². The van der Waals surface area contributed by atoms with Gasteiger partial charge in [0.2, 0.25) is 0 Å². The van der Waals surface area contributed by atoms with E-state index in [0.29, 0.717) is 6.04 Å². The summed E-state index contributed by atoms with van der Waals surface area (Å²) >= 11 is 0. The van der Waals surface area contributed by atoms with Crippen LogP contribution in [0, 0.1) is 17.0 Å². The summed E-state index contributed by atoms with van der Waals surface area (Å²) in [4.78, 5) is 20.3. The van der Waals surface area contributed by atoms with Crippen molar-refractivity contribution < 1.29 is 4.92 Å². The Morgan fingerprint density at radius 3 is 2.80 bits per heavy atom. The van der Waals surface area contributed by atoms with Gasteiger partial charge in [0.25, 0.3) is 5.69 Å². The molecule has 0 amide bonds. The number of benzene rings is 1. The lowest BCUT2D eigenvalue weighted by atomic mass is 10.1. The van der Waals surface area contributed by atoms with E-state index in [2.05, 4.69) is 26.2 Å². The van der Waals surface area contributed by atoms with E-state index in [4.69, 9.17) is 0 Å². The lowest BCUT2D eigenvalue weighted by Gasteiger charge is -2.32. The van der Waals surface area contributed by atoms with E-state index in [9.17, 15) is 10.1 Å². The molecule has 1 atom stereocenters. The summed E-state index contributed by atoms with van der Waals surface area (Å²) in [5.74, 6) is 0. The second-order valence-corrected chi connectivity index (χ2v) is 6.92. The number of hydrogen-bond acceptors (Lipinski definition) is 6. The highest BCUT2D eigenvalue weighted by molar-refractivity contribution is 5.93. The monoisotopic (exact) mass is 341 g/mol. The first-order chi connectivity index (χ1) is 12.1. The molecule has 2 aliphatic heterocycles. The smallest absolute Gasteiger partial charge is 0.270 e. The third-order valence-corrected chi connectivity index (χ3v) is 5.28. The second kappa shape index (κ2) is 6.57. The molecule has 1 N–H and O–H groups in total. The minimum absolute atomic E-state index is 0.122. The molecule has 1 aromatic carbocycles.